The molecule has 0 aliphatic rings. The number of hydrogen-bond donors (Lipinski definition) is 0. The highest BCUT2D eigenvalue weighted by Gasteiger charge is 2.10. The maximum atomic E-state index is 14.7. The van der Waals surface area contributed by atoms with Crippen molar-refractivity contribution in [3.8, 4) is 28.3 Å². The van der Waals surface area contributed by atoms with Crippen molar-refractivity contribution in [3.05, 3.63) is 125 Å². The molecule has 0 unspecified atom stereocenters. The smallest absolute Gasteiger partial charge is 0.187 e. The monoisotopic (exact) mass is 406 g/mol. The van der Waals surface area contributed by atoms with Gasteiger partial charge in [-0.2, -0.15) is 5.26 Å². The lowest BCUT2D eigenvalue weighted by Crippen LogP contribution is -1.94. The van der Waals surface area contributed by atoms with Crippen LogP contribution in [0, 0.1) is 29.5 Å². The van der Waals surface area contributed by atoms with Crippen LogP contribution in [0.4, 0.5) is 14.5 Å². The van der Waals surface area contributed by atoms with Crippen molar-refractivity contribution in [2.24, 2.45) is 0 Å². The van der Waals surface area contributed by atoms with Gasteiger partial charge in [-0.15, -0.1) is 0 Å². The van der Waals surface area contributed by atoms with Crippen LogP contribution < -0.4 is 0 Å². The summed E-state index contributed by atoms with van der Waals surface area (Å²) in [5.41, 5.74) is 4.83. The lowest BCUT2D eigenvalue weighted by atomic mass is 9.97. The predicted octanol–water partition coefficient (Wildman–Crippen LogP) is 7.31. The summed E-state index contributed by atoms with van der Waals surface area (Å²) in [6, 6.07) is 25.5. The van der Waals surface area contributed by atoms with Gasteiger partial charge in [0.15, 0.2) is 5.69 Å². The van der Waals surface area contributed by atoms with Crippen LogP contribution in [0.15, 0.2) is 84.9 Å². The van der Waals surface area contributed by atoms with Crippen LogP contribution in [0.25, 0.3) is 27.1 Å². The van der Waals surface area contributed by atoms with Crippen LogP contribution in [0.3, 0.4) is 0 Å². The Kier molecular flexibility index (Phi) is 5.56. The van der Waals surface area contributed by atoms with E-state index in [1.807, 2.05) is 18.2 Å². The minimum atomic E-state index is -0.362. The molecule has 0 spiro atoms. The van der Waals surface area contributed by atoms with Crippen molar-refractivity contribution >= 4 is 5.69 Å². The Hall–Kier alpha value is -4.28. The summed E-state index contributed by atoms with van der Waals surface area (Å²) in [6.07, 6.45) is 0.401. The van der Waals surface area contributed by atoms with Crippen molar-refractivity contribution in [2.75, 3.05) is 0 Å². The summed E-state index contributed by atoms with van der Waals surface area (Å²) in [7, 11) is 0. The number of benzene rings is 4. The Morgan fingerprint density at radius 1 is 0.710 bits per heavy atom. The minimum absolute atomic E-state index is 0.359. The van der Waals surface area contributed by atoms with E-state index in [4.69, 9.17) is 11.8 Å². The molecular weight excluding hydrogens is 390 g/mol. The first-order valence-electron chi connectivity index (χ1n) is 9.62. The molecule has 4 aromatic carbocycles. The number of nitriles is 1. The molecule has 0 heterocycles. The summed E-state index contributed by atoms with van der Waals surface area (Å²) in [5.74, 6) is -0.720. The van der Waals surface area contributed by atoms with E-state index in [1.54, 1.807) is 60.7 Å². The molecule has 0 saturated carbocycles. The Balaban J connectivity index is 1.55. The molecule has 0 aliphatic carbocycles. The Morgan fingerprint density at radius 3 is 1.61 bits per heavy atom. The molecule has 0 saturated heterocycles. The van der Waals surface area contributed by atoms with E-state index in [1.165, 1.54) is 12.1 Å². The van der Waals surface area contributed by atoms with Crippen molar-refractivity contribution in [3.63, 3.8) is 0 Å². The molecule has 31 heavy (non-hydrogen) atoms. The average molecular weight is 406 g/mol. The Labute approximate surface area is 179 Å². The molecule has 4 rings (SSSR count). The van der Waals surface area contributed by atoms with Gasteiger partial charge in [0.25, 0.3) is 0 Å². The van der Waals surface area contributed by atoms with Crippen molar-refractivity contribution < 1.29 is 8.78 Å². The highest BCUT2D eigenvalue weighted by Crippen LogP contribution is 2.28. The van der Waals surface area contributed by atoms with E-state index in [2.05, 4.69) is 4.85 Å². The van der Waals surface area contributed by atoms with E-state index >= 15 is 0 Å². The first kappa shape index (κ1) is 20.0. The van der Waals surface area contributed by atoms with Crippen LogP contribution in [0.5, 0.6) is 0 Å². The highest BCUT2D eigenvalue weighted by atomic mass is 19.1. The van der Waals surface area contributed by atoms with E-state index in [0.717, 1.165) is 11.1 Å². The van der Waals surface area contributed by atoms with Crippen molar-refractivity contribution in [1.29, 1.82) is 5.26 Å². The second-order valence-electron chi connectivity index (χ2n) is 7.15. The zero-order chi connectivity index (χ0) is 21.8. The molecule has 0 aromatic heterocycles. The van der Waals surface area contributed by atoms with Gasteiger partial charge in [0.2, 0.25) is 0 Å². The molecular formula is C27H16F2N2. The molecule has 0 bridgehead atoms. The molecule has 148 valence electrons. The predicted molar refractivity (Wildman–Crippen MR) is 117 cm³/mol. The van der Waals surface area contributed by atoms with Gasteiger partial charge in [0.05, 0.1) is 18.2 Å². The molecule has 0 aliphatic heterocycles. The normalized spacial score (nSPS) is 10.3. The van der Waals surface area contributed by atoms with Crippen molar-refractivity contribution in [1.82, 2.24) is 0 Å². The first-order valence-corrected chi connectivity index (χ1v) is 9.62. The van der Waals surface area contributed by atoms with E-state index in [-0.39, 0.29) is 11.6 Å². The first-order chi connectivity index (χ1) is 15.1. The summed E-state index contributed by atoms with van der Waals surface area (Å²) in [5, 5.41) is 8.89. The number of halogens is 2. The zero-order valence-corrected chi connectivity index (χ0v) is 16.4. The molecule has 0 N–H and O–H groups in total. The minimum Gasteiger partial charge on any atom is -0.238 e. The Morgan fingerprint density at radius 2 is 1.19 bits per heavy atom. The fraction of sp³-hybridized carbons (Fsp3) is 0.0370. The fourth-order valence-electron chi connectivity index (χ4n) is 3.48. The van der Waals surface area contributed by atoms with Crippen LogP contribution in [-0.2, 0) is 6.42 Å². The quantitative estimate of drug-likeness (QED) is 0.327. The molecule has 0 atom stereocenters. The average Bonchev–Trinajstić information content (AvgIpc) is 2.80. The molecule has 4 heteroatoms. The maximum absolute atomic E-state index is 14.7. The second-order valence-corrected chi connectivity index (χ2v) is 7.15. The van der Waals surface area contributed by atoms with E-state index < -0.39 is 0 Å². The number of nitrogens with zero attached hydrogens (tertiary/aromatic N) is 2. The van der Waals surface area contributed by atoms with Crippen molar-refractivity contribution in [2.45, 2.75) is 6.42 Å². The van der Waals surface area contributed by atoms with Crippen LogP contribution in [0.2, 0.25) is 0 Å². The standard InChI is InChI=1S/C27H16F2N2/c1-31-23-10-8-22(9-11-23)25-13-5-20(16-27(25)29)14-19-4-12-24(26(28)15-19)21-6-2-18(17-30)3-7-21/h2-13,15-16H,14H2. The zero-order valence-electron chi connectivity index (χ0n) is 16.4. The third kappa shape index (κ3) is 4.34. The van der Waals surface area contributed by atoms with Gasteiger partial charge >= 0.3 is 0 Å². The van der Waals surface area contributed by atoms with Gasteiger partial charge in [0, 0.05) is 11.1 Å². The van der Waals surface area contributed by atoms with E-state index in [0.29, 0.717) is 39.9 Å². The molecule has 2 nitrogen and oxygen atoms in total. The van der Waals surface area contributed by atoms with Crippen LogP contribution in [-0.4, -0.2) is 0 Å². The lowest BCUT2D eigenvalue weighted by molar-refractivity contribution is 0.627. The van der Waals surface area contributed by atoms with Gasteiger partial charge in [-0.3, -0.25) is 0 Å². The largest absolute Gasteiger partial charge is 0.238 e. The summed E-state index contributed by atoms with van der Waals surface area (Å²) >= 11 is 0. The van der Waals surface area contributed by atoms with Crippen LogP contribution >= 0.6 is 0 Å². The summed E-state index contributed by atoms with van der Waals surface area (Å²) < 4.78 is 29.4. The number of hydrogen-bond acceptors (Lipinski definition) is 1. The third-order valence-electron chi connectivity index (χ3n) is 5.11. The molecule has 0 fully saturated rings. The van der Waals surface area contributed by atoms with Gasteiger partial charge in [0.1, 0.15) is 11.6 Å². The van der Waals surface area contributed by atoms with Gasteiger partial charge in [-0.1, -0.05) is 60.7 Å². The molecule has 0 radical (unpaired) electrons. The van der Waals surface area contributed by atoms with Gasteiger partial charge < -0.3 is 0 Å². The Bertz CT molecular complexity index is 1220. The van der Waals surface area contributed by atoms with Gasteiger partial charge in [-0.05, 0) is 52.9 Å². The molecule has 0 amide bonds. The second kappa shape index (κ2) is 8.61. The summed E-state index contributed by atoms with van der Waals surface area (Å²) in [6.45, 7) is 7.00. The maximum Gasteiger partial charge on any atom is 0.187 e. The fourth-order valence-corrected chi connectivity index (χ4v) is 3.48. The topological polar surface area (TPSA) is 28.1 Å². The highest BCUT2D eigenvalue weighted by molar-refractivity contribution is 5.68. The van der Waals surface area contributed by atoms with Crippen LogP contribution in [0.1, 0.15) is 16.7 Å². The molecule has 4 aromatic rings. The SMILES string of the molecule is [C-]#[N+]c1ccc(-c2ccc(Cc3ccc(-c4ccc(C#N)cc4)c(F)c3)cc2F)cc1. The van der Waals surface area contributed by atoms with E-state index in [9.17, 15) is 8.78 Å². The van der Waals surface area contributed by atoms with Gasteiger partial charge in [-0.25, -0.2) is 13.6 Å². The lowest BCUT2D eigenvalue weighted by Gasteiger charge is -2.09. The third-order valence-corrected chi connectivity index (χ3v) is 5.11. The number of rotatable bonds is 4. The summed E-state index contributed by atoms with van der Waals surface area (Å²) in [4.78, 5) is 3.34.